The van der Waals surface area contributed by atoms with Crippen molar-refractivity contribution in [2.24, 2.45) is 0 Å². The second-order valence-electron chi connectivity index (χ2n) is 5.99. The Morgan fingerprint density at radius 1 is 1.16 bits per heavy atom. The lowest BCUT2D eigenvalue weighted by Crippen LogP contribution is -2.07. The number of hydrogen-bond acceptors (Lipinski definition) is 5. The third-order valence-corrected chi connectivity index (χ3v) is 4.20. The number of rotatable bonds is 4. The fourth-order valence-corrected chi connectivity index (χ4v) is 2.75. The Bertz CT molecular complexity index is 933. The summed E-state index contributed by atoms with van der Waals surface area (Å²) in [7, 11) is 1.33. The van der Waals surface area contributed by atoms with Gasteiger partial charge in [-0.05, 0) is 64.7 Å². The molecule has 0 amide bonds. The highest BCUT2D eigenvalue weighted by atomic mass is 19.1. The number of carbonyl (C=O) groups excluding carboxylic acids is 1. The van der Waals surface area contributed by atoms with Crippen LogP contribution in [0.25, 0.3) is 16.8 Å². The Kier molecular flexibility index (Phi) is 3.76. The molecule has 126 valence electrons. The summed E-state index contributed by atoms with van der Waals surface area (Å²) < 4.78 is 19.7. The van der Waals surface area contributed by atoms with Crippen LogP contribution in [0, 0.1) is 5.82 Å². The first kappa shape index (κ1) is 15.4. The van der Waals surface area contributed by atoms with Gasteiger partial charge in [-0.3, -0.25) is 0 Å². The van der Waals surface area contributed by atoms with Gasteiger partial charge in [0.05, 0.1) is 18.4 Å². The molecule has 0 atom stereocenters. The van der Waals surface area contributed by atoms with Crippen LogP contribution in [0.2, 0.25) is 0 Å². The molecule has 1 heterocycles. The zero-order valence-electron chi connectivity index (χ0n) is 13.5. The molecule has 0 unspecified atom stereocenters. The van der Waals surface area contributed by atoms with Crippen molar-refractivity contribution in [3.05, 3.63) is 59.7 Å². The van der Waals surface area contributed by atoms with E-state index in [9.17, 15) is 9.18 Å². The number of aromatic nitrogens is 4. The minimum Gasteiger partial charge on any atom is -0.465 e. The van der Waals surface area contributed by atoms with Gasteiger partial charge in [0, 0.05) is 5.92 Å². The largest absolute Gasteiger partial charge is 0.465 e. The Morgan fingerprint density at radius 3 is 2.60 bits per heavy atom. The SMILES string of the molecule is COC(=O)c1cc(-c2ccc(F)cc2)cc(-n2nnnc2C2CC2)c1. The van der Waals surface area contributed by atoms with Gasteiger partial charge in [-0.2, -0.15) is 4.68 Å². The number of esters is 1. The molecule has 1 saturated carbocycles. The third-order valence-electron chi connectivity index (χ3n) is 4.20. The number of carbonyl (C=O) groups is 1. The van der Waals surface area contributed by atoms with Crippen LogP contribution in [0.5, 0.6) is 0 Å². The van der Waals surface area contributed by atoms with Crippen molar-refractivity contribution < 1.29 is 13.9 Å². The number of halogens is 1. The Hall–Kier alpha value is -3.09. The fourth-order valence-electron chi connectivity index (χ4n) is 2.75. The van der Waals surface area contributed by atoms with Gasteiger partial charge in [0.25, 0.3) is 0 Å². The Balaban J connectivity index is 1.85. The summed E-state index contributed by atoms with van der Waals surface area (Å²) in [5.74, 6) is 0.369. The highest BCUT2D eigenvalue weighted by molar-refractivity contribution is 5.92. The molecule has 3 aromatic rings. The zero-order chi connectivity index (χ0) is 17.4. The van der Waals surface area contributed by atoms with E-state index in [4.69, 9.17) is 4.74 Å². The summed E-state index contributed by atoms with van der Waals surface area (Å²) in [4.78, 5) is 12.1. The molecule has 1 aliphatic rings. The molecule has 0 bridgehead atoms. The van der Waals surface area contributed by atoms with E-state index in [0.29, 0.717) is 17.2 Å². The van der Waals surface area contributed by atoms with Gasteiger partial charge in [0.2, 0.25) is 0 Å². The first-order chi connectivity index (χ1) is 12.2. The van der Waals surface area contributed by atoms with E-state index in [2.05, 4.69) is 15.5 Å². The lowest BCUT2D eigenvalue weighted by molar-refractivity contribution is 0.0600. The molecule has 1 aromatic heterocycles. The van der Waals surface area contributed by atoms with Crippen LogP contribution < -0.4 is 0 Å². The maximum Gasteiger partial charge on any atom is 0.337 e. The highest BCUT2D eigenvalue weighted by Gasteiger charge is 2.30. The minimum absolute atomic E-state index is 0.315. The second-order valence-corrected chi connectivity index (χ2v) is 5.99. The number of methoxy groups -OCH3 is 1. The molecule has 0 N–H and O–H groups in total. The summed E-state index contributed by atoms with van der Waals surface area (Å²) in [5.41, 5.74) is 2.61. The van der Waals surface area contributed by atoms with E-state index >= 15 is 0 Å². The fraction of sp³-hybridized carbons (Fsp3) is 0.222. The smallest absolute Gasteiger partial charge is 0.337 e. The molecule has 1 fully saturated rings. The molecule has 4 rings (SSSR count). The van der Waals surface area contributed by atoms with E-state index in [1.54, 1.807) is 28.9 Å². The van der Waals surface area contributed by atoms with Gasteiger partial charge in [0.1, 0.15) is 5.82 Å². The first-order valence-corrected chi connectivity index (χ1v) is 7.93. The summed E-state index contributed by atoms with van der Waals surface area (Å²) in [6.45, 7) is 0. The predicted octanol–water partition coefficient (Wildman–Crippen LogP) is 3.13. The van der Waals surface area contributed by atoms with Crippen LogP contribution >= 0.6 is 0 Å². The third kappa shape index (κ3) is 3.00. The maximum atomic E-state index is 13.2. The molecule has 25 heavy (non-hydrogen) atoms. The van der Waals surface area contributed by atoms with Crippen LogP contribution in [0.4, 0.5) is 4.39 Å². The molecule has 0 spiro atoms. The van der Waals surface area contributed by atoms with Crippen molar-refractivity contribution in [3.63, 3.8) is 0 Å². The van der Waals surface area contributed by atoms with E-state index in [1.165, 1.54) is 19.2 Å². The molecule has 1 aliphatic carbocycles. The molecule has 0 radical (unpaired) electrons. The van der Waals surface area contributed by atoms with Gasteiger partial charge >= 0.3 is 5.97 Å². The molecule has 0 saturated heterocycles. The van der Waals surface area contributed by atoms with Crippen LogP contribution in [0.15, 0.2) is 42.5 Å². The van der Waals surface area contributed by atoms with Crippen LogP contribution in [-0.4, -0.2) is 33.3 Å². The van der Waals surface area contributed by atoms with Gasteiger partial charge < -0.3 is 4.74 Å². The molecule has 6 nitrogen and oxygen atoms in total. The molecular formula is C18H15FN4O2. The number of nitrogens with zero attached hydrogens (tertiary/aromatic N) is 4. The number of tetrazole rings is 1. The maximum absolute atomic E-state index is 13.2. The lowest BCUT2D eigenvalue weighted by atomic mass is 10.0. The first-order valence-electron chi connectivity index (χ1n) is 7.93. The predicted molar refractivity (Wildman–Crippen MR) is 87.9 cm³/mol. The summed E-state index contributed by atoms with van der Waals surface area (Å²) in [5, 5.41) is 11.9. The van der Waals surface area contributed by atoms with Gasteiger partial charge in [-0.25, -0.2) is 9.18 Å². The van der Waals surface area contributed by atoms with Gasteiger partial charge in [0.15, 0.2) is 5.82 Å². The van der Waals surface area contributed by atoms with Gasteiger partial charge in [-0.15, -0.1) is 5.10 Å². The normalized spacial score (nSPS) is 13.7. The topological polar surface area (TPSA) is 69.9 Å². The Labute approximate surface area is 143 Å². The number of hydrogen-bond donors (Lipinski definition) is 0. The Morgan fingerprint density at radius 2 is 1.92 bits per heavy atom. The number of ether oxygens (including phenoxy) is 1. The van der Waals surface area contributed by atoms with E-state index in [1.807, 2.05) is 6.07 Å². The average Bonchev–Trinajstić information content (AvgIpc) is 3.37. The number of benzene rings is 2. The quantitative estimate of drug-likeness (QED) is 0.684. The summed E-state index contributed by atoms with van der Waals surface area (Å²) >= 11 is 0. The van der Waals surface area contributed by atoms with Crippen LogP contribution in [0.1, 0.15) is 34.9 Å². The standard InChI is InChI=1S/C18H15FN4O2/c1-25-18(24)14-8-13(11-4-6-15(19)7-5-11)9-16(10-14)23-17(12-2-3-12)20-21-22-23/h4-10,12H,2-3H2,1H3. The van der Waals surface area contributed by atoms with Crippen molar-refractivity contribution in [2.75, 3.05) is 7.11 Å². The van der Waals surface area contributed by atoms with Crippen molar-refractivity contribution in [2.45, 2.75) is 18.8 Å². The van der Waals surface area contributed by atoms with Crippen molar-refractivity contribution in [1.29, 1.82) is 0 Å². The average molecular weight is 338 g/mol. The molecule has 0 aliphatic heterocycles. The highest BCUT2D eigenvalue weighted by Crippen LogP contribution is 2.39. The van der Waals surface area contributed by atoms with Crippen molar-refractivity contribution in [3.8, 4) is 16.8 Å². The summed E-state index contributed by atoms with van der Waals surface area (Å²) in [6.07, 6.45) is 2.11. The van der Waals surface area contributed by atoms with E-state index in [0.717, 1.165) is 29.8 Å². The molecule has 7 heteroatoms. The molecular weight excluding hydrogens is 323 g/mol. The molecule has 2 aromatic carbocycles. The van der Waals surface area contributed by atoms with Gasteiger partial charge in [-0.1, -0.05) is 12.1 Å². The zero-order valence-corrected chi connectivity index (χ0v) is 13.5. The van der Waals surface area contributed by atoms with E-state index in [-0.39, 0.29) is 5.82 Å². The second kappa shape index (κ2) is 6.08. The van der Waals surface area contributed by atoms with Crippen molar-refractivity contribution in [1.82, 2.24) is 20.2 Å². The van der Waals surface area contributed by atoms with E-state index < -0.39 is 5.97 Å². The monoisotopic (exact) mass is 338 g/mol. The van der Waals surface area contributed by atoms with Crippen LogP contribution in [-0.2, 0) is 4.74 Å². The summed E-state index contributed by atoms with van der Waals surface area (Å²) in [6, 6.07) is 11.4. The minimum atomic E-state index is -0.453. The lowest BCUT2D eigenvalue weighted by Gasteiger charge is -2.10. The van der Waals surface area contributed by atoms with Crippen molar-refractivity contribution >= 4 is 5.97 Å². The van der Waals surface area contributed by atoms with Crippen LogP contribution in [0.3, 0.4) is 0 Å².